The van der Waals surface area contributed by atoms with Gasteiger partial charge >= 0.3 is 714 Å². The number of hydrogen-bond donors (Lipinski definition) is 40. The van der Waals surface area contributed by atoms with E-state index in [9.17, 15) is 0 Å². The van der Waals surface area contributed by atoms with Crippen molar-refractivity contribution in [2.45, 2.75) is 0 Å². The van der Waals surface area contributed by atoms with Gasteiger partial charge in [-0.1, -0.05) is 0 Å². The number of carboxylic acid groups (broad SMARTS) is 60. The van der Waals surface area contributed by atoms with Gasteiger partial charge in [-0.2, -0.15) is 0 Å². The van der Waals surface area contributed by atoms with Crippen LogP contribution in [0.25, 0.3) is 0 Å². The van der Waals surface area contributed by atoms with Crippen LogP contribution in [0.2, 0.25) is 0 Å². The molecule has 0 rings (SSSR count). The van der Waals surface area contributed by atoms with E-state index in [0.29, 0.717) is 0 Å². The van der Waals surface area contributed by atoms with Crippen LogP contribution in [-0.2, 0) is 0 Å². The van der Waals surface area contributed by atoms with Crippen LogP contribution in [-0.4, -0.2) is 389 Å². The first-order valence-electron chi connectivity index (χ1n) is 19.2. The number of carbonyl (C=O) groups excluding carboxylic acids is 10. The molecule has 110 heteroatoms. The third kappa shape index (κ3) is 688000. The van der Waals surface area contributed by atoms with Gasteiger partial charge in [-0.3, -0.25) is 0 Å². The van der Waals surface area contributed by atoms with Gasteiger partial charge in [-0.25, -0.2) is 95.9 Å². The minimum atomic E-state index is -2.33. The Hall–Kier alpha value is -1.90. The van der Waals surface area contributed by atoms with Crippen LogP contribution >= 0.6 is 0 Å². The van der Waals surface area contributed by atoms with Gasteiger partial charge in [0.05, 0.1) is 0 Å². The molecule has 0 saturated heterocycles. The normalized spacial score (nSPS) is 5.14. The first kappa shape index (κ1) is 334. The quantitative estimate of drug-likeness (QED) is 0.100. The van der Waals surface area contributed by atoms with Crippen molar-refractivity contribution >= 4 is 185 Å². The van der Waals surface area contributed by atoms with Gasteiger partial charge in [0.2, 0.25) is 0 Å². The number of carbonyl (C=O) groups is 30. The largest absolute Gasteiger partial charge is 1.00 e. The van der Waals surface area contributed by atoms with Crippen molar-refractivity contribution < 1.29 is 1040 Å². The van der Waals surface area contributed by atoms with Crippen molar-refractivity contribution in [3.8, 4) is 0 Å². The average Bonchev–Trinajstić information content (AvgIpc) is 3.29. The third-order valence-corrected chi connectivity index (χ3v) is 0. The fourth-order valence-electron chi connectivity index (χ4n) is 0. The van der Waals surface area contributed by atoms with E-state index in [1.54, 1.807) is 0 Å². The molecule has 40 N–H and O–H groups in total. The molecule has 720 valence electrons. The molecular weight excluding hydrogens is 2260 g/mol. The summed E-state index contributed by atoms with van der Waals surface area (Å²) in [6.45, 7) is 0. The van der Waals surface area contributed by atoms with Crippen molar-refractivity contribution in [1.82, 2.24) is 0 Å². The van der Waals surface area contributed by atoms with E-state index in [2.05, 4.69) is 0 Å². The molecule has 0 aromatic rings. The van der Waals surface area contributed by atoms with Gasteiger partial charge in [0, 0.05) is 0 Å². The summed E-state index contributed by atoms with van der Waals surface area (Å²) in [5, 5.41) is 446. The molecule has 0 atom stereocenters. The van der Waals surface area contributed by atoms with Crippen molar-refractivity contribution in [3.05, 3.63) is 0 Å². The molecule has 0 fully saturated rings. The van der Waals surface area contributed by atoms with Gasteiger partial charge in [0.15, 0.2) is 0 Å². The summed E-state index contributed by atoms with van der Waals surface area (Å²) < 4.78 is 0. The van der Waals surface area contributed by atoms with E-state index in [4.69, 9.17) is 450 Å². The van der Waals surface area contributed by atoms with Gasteiger partial charge in [-0.05, 0) is 61.6 Å². The maximum absolute atomic E-state index is 8.56. The van der Waals surface area contributed by atoms with Crippen molar-refractivity contribution in [2.24, 2.45) is 0 Å². The Morgan fingerprint density at radius 3 is 0.0714 bits per heavy atom. The number of rotatable bonds is 0. The van der Waals surface area contributed by atoms with Crippen LogP contribution < -0.4 is 693 Å². The van der Waals surface area contributed by atoms with Crippen LogP contribution in [0.4, 0.5) is 144 Å². The molecule has 0 aliphatic carbocycles. The van der Waals surface area contributed by atoms with Gasteiger partial charge in [0.1, 0.15) is 0 Å². The Morgan fingerprint density at radius 2 is 0.0714 bits per heavy atom. The Bertz CT molecular complexity index is 1750. The zero-order valence-corrected chi connectivity index (χ0v) is 113. The van der Waals surface area contributed by atoms with E-state index in [0.717, 1.165) is 0 Å². The van der Waals surface area contributed by atoms with E-state index in [1.165, 1.54) is 0 Å². The zero-order valence-electron chi connectivity index (χ0n) is 73.3. The second-order valence-electron chi connectivity index (χ2n) is 8.15. The summed E-state index contributed by atoms with van der Waals surface area (Å²) in [5.74, 6) is 0. The second-order valence-corrected chi connectivity index (χ2v) is 8.15. The second kappa shape index (κ2) is 327. The standard InChI is InChI=1S/30CH2O3.20Na/c30*2-1(3)4;;;;;;;;;;;;;;;;;;;;/h30*(H2,2,3,4);;;;;;;;;;;;;;;;;;;;/q;;;;;;;;;;;;;;;;;;;;;;;;;;;;;;20*+1/p-20. The molecule has 0 amide bonds. The fourth-order valence-corrected chi connectivity index (χ4v) is 0. The molecular formula is C30H40Na20O90. The molecule has 0 unspecified atom stereocenters. The third-order valence-electron chi connectivity index (χ3n) is 0. The van der Waals surface area contributed by atoms with Crippen LogP contribution in [0.3, 0.4) is 0 Å². The van der Waals surface area contributed by atoms with Gasteiger partial charge < -0.3 is 354 Å². The Labute approximate surface area is 1200 Å². The summed E-state index contributed by atoms with van der Waals surface area (Å²) in [6, 6.07) is 0. The molecule has 0 aliphatic heterocycles. The smallest absolute Gasteiger partial charge is 0.652 e. The molecule has 0 radical (unpaired) electrons. The molecule has 140 heavy (non-hydrogen) atoms. The van der Waals surface area contributed by atoms with Crippen molar-refractivity contribution in [2.75, 3.05) is 0 Å². The zero-order chi connectivity index (χ0) is 107. The maximum Gasteiger partial charge on any atom is 1.00 e. The molecule has 0 bridgehead atoms. The molecule has 0 aliphatic rings. The predicted molar refractivity (Wildman–Crippen MR) is 267 cm³/mol. The summed E-state index contributed by atoms with van der Waals surface area (Å²) in [6.07, 6.45) is -60.0. The molecule has 0 saturated carbocycles. The van der Waals surface area contributed by atoms with Gasteiger partial charge in [-0.15, -0.1) is 0 Å². The monoisotopic (exact) mass is 2300 g/mol. The first-order chi connectivity index (χ1) is 52.0. The number of hydrogen-bond acceptors (Lipinski definition) is 50. The molecule has 0 spiro atoms. The van der Waals surface area contributed by atoms with Crippen LogP contribution in [0.5, 0.6) is 0 Å². The van der Waals surface area contributed by atoms with Crippen LogP contribution in [0, 0.1) is 0 Å². The molecule has 0 heterocycles. The summed E-state index contributed by atoms with van der Waals surface area (Å²) in [7, 11) is 0. The first-order valence-corrected chi connectivity index (χ1v) is 19.2. The molecule has 0 aromatic carbocycles. The van der Waals surface area contributed by atoms with Crippen molar-refractivity contribution in [1.29, 1.82) is 0 Å². The van der Waals surface area contributed by atoms with Crippen LogP contribution in [0.1, 0.15) is 0 Å². The SMILES string of the molecule is O=C(O)O.O=C(O)O.O=C(O)O.O=C(O)O.O=C(O)O.O=C(O)O.O=C(O)O.O=C(O)O.O=C(O)O.O=C(O)O.O=C(O)O.O=C(O)O.O=C(O)O.O=C(O)O.O=C(O)O.O=C(O)O.O=C(O)O.O=C(O)O.O=C(O)O.O=C(O)O.O=C([O-])[O-].O=C([O-])[O-].O=C([O-])[O-].O=C([O-])[O-].O=C([O-])[O-].O=C([O-])[O-].O=C([O-])[O-].O=C([O-])[O-].O=C([O-])[O-].O=C([O-])[O-].[Na+].[Na+].[Na+].[Na+].[Na+].[Na+].[Na+].[Na+].[Na+].[Na+].[Na+].[Na+].[Na+].[Na+].[Na+].[Na+].[Na+].[Na+].[Na+].[Na+]. The van der Waals surface area contributed by atoms with Crippen molar-refractivity contribution in [3.63, 3.8) is 0 Å². The fraction of sp³-hybridized carbons (Fsp3) is 0. The minimum absolute atomic E-state index is 0. The summed E-state index contributed by atoms with van der Waals surface area (Å²) >= 11 is 0. The van der Waals surface area contributed by atoms with Gasteiger partial charge in [0.25, 0.3) is 0 Å². The van der Waals surface area contributed by atoms with E-state index in [1.807, 2.05) is 0 Å². The topological polar surface area (TPSA) is 1780 Å². The Kier molecular flexibility index (Phi) is 782. The van der Waals surface area contributed by atoms with E-state index >= 15 is 0 Å². The molecule has 0 aromatic heterocycles. The summed E-state index contributed by atoms with van der Waals surface area (Å²) in [5.41, 5.74) is 0. The average molecular weight is 2300 g/mol. The minimum Gasteiger partial charge on any atom is -0.652 e. The van der Waals surface area contributed by atoms with E-state index < -0.39 is 185 Å². The van der Waals surface area contributed by atoms with Crippen LogP contribution in [0.15, 0.2) is 0 Å². The predicted octanol–water partition coefficient (Wildman–Crippen LogP) is -79.9. The maximum atomic E-state index is 8.56. The van der Waals surface area contributed by atoms with E-state index in [-0.39, 0.29) is 591 Å². The Balaban J connectivity index is -0.0000000124. The Morgan fingerprint density at radius 1 is 0.0714 bits per heavy atom. The summed E-state index contributed by atoms with van der Waals surface area (Å²) in [4.78, 5) is 254. The molecule has 90 nitrogen and oxygen atoms in total.